The Bertz CT molecular complexity index is 803. The Morgan fingerprint density at radius 1 is 1.39 bits per heavy atom. The number of carbonyl (C=O) groups excluding carboxylic acids is 2. The van der Waals surface area contributed by atoms with Gasteiger partial charge in [0, 0.05) is 30.2 Å². The molecule has 1 fully saturated rings. The van der Waals surface area contributed by atoms with E-state index in [1.165, 1.54) is 6.21 Å². The summed E-state index contributed by atoms with van der Waals surface area (Å²) in [5, 5.41) is 7.87. The van der Waals surface area contributed by atoms with Crippen molar-refractivity contribution in [3.63, 3.8) is 0 Å². The molecule has 2 aliphatic rings. The number of carbonyl (C=O) groups is 2. The minimum atomic E-state index is -0.801. The molecule has 2 aliphatic heterocycles. The number of amides is 2. The molecule has 0 spiro atoms. The van der Waals surface area contributed by atoms with Crippen molar-refractivity contribution in [3.8, 4) is 11.4 Å². The maximum Gasteiger partial charge on any atom is 0.262 e. The molecule has 2 aromatic rings. The number of aliphatic imine (C=N–C) groups is 1. The molecule has 0 aromatic carbocycles. The fraction of sp³-hybridized carbons (Fsp3) is 0.267. The first-order valence-corrected chi connectivity index (χ1v) is 8.06. The molecule has 1 saturated heterocycles. The average molecular weight is 328 g/mol. The summed E-state index contributed by atoms with van der Waals surface area (Å²) < 4.78 is 5.29. The van der Waals surface area contributed by atoms with Gasteiger partial charge in [-0.2, -0.15) is 16.3 Å². The summed E-state index contributed by atoms with van der Waals surface area (Å²) in [7, 11) is 0. The number of likely N-dealkylation sites (tertiary alicyclic amines) is 1. The van der Waals surface area contributed by atoms with Crippen molar-refractivity contribution in [2.75, 3.05) is 13.1 Å². The second kappa shape index (κ2) is 5.54. The fourth-order valence-electron chi connectivity index (χ4n) is 2.55. The standard InChI is InChI=1S/C15H12N4O3S/c20-13-11(2-1-4-16-13)15(21)19-6-10(7-19)14-17-12(18-22-14)9-3-5-23-8-9/h1-5,8,10-11H,6-7H2. The molecule has 0 radical (unpaired) electrons. The molecule has 7 nitrogen and oxygen atoms in total. The highest BCUT2D eigenvalue weighted by atomic mass is 32.1. The van der Waals surface area contributed by atoms with Crippen LogP contribution < -0.4 is 0 Å². The summed E-state index contributed by atoms with van der Waals surface area (Å²) in [5.74, 6) is -0.338. The molecule has 2 amide bonds. The maximum absolute atomic E-state index is 12.3. The van der Waals surface area contributed by atoms with E-state index in [1.807, 2.05) is 16.8 Å². The zero-order valence-electron chi connectivity index (χ0n) is 12.0. The molecule has 0 saturated carbocycles. The fourth-order valence-corrected chi connectivity index (χ4v) is 3.18. The van der Waals surface area contributed by atoms with Crippen LogP contribution in [0.25, 0.3) is 11.4 Å². The molecule has 0 N–H and O–H groups in total. The highest BCUT2D eigenvalue weighted by Crippen LogP contribution is 2.29. The number of allylic oxidation sites excluding steroid dienone is 1. The zero-order valence-corrected chi connectivity index (χ0v) is 12.8. The first-order chi connectivity index (χ1) is 11.2. The van der Waals surface area contributed by atoms with E-state index in [0.29, 0.717) is 24.8 Å². The summed E-state index contributed by atoms with van der Waals surface area (Å²) in [6, 6.07) is 1.93. The van der Waals surface area contributed by atoms with E-state index >= 15 is 0 Å². The monoisotopic (exact) mass is 328 g/mol. The number of nitrogens with zero attached hydrogens (tertiary/aromatic N) is 4. The molecule has 1 atom stereocenters. The van der Waals surface area contributed by atoms with Crippen molar-refractivity contribution in [1.82, 2.24) is 15.0 Å². The Labute approximate surface area is 135 Å². The largest absolute Gasteiger partial charge is 0.340 e. The summed E-state index contributed by atoms with van der Waals surface area (Å²) in [6.07, 6.45) is 4.59. The van der Waals surface area contributed by atoms with Crippen LogP contribution in [0.4, 0.5) is 0 Å². The third-order valence-electron chi connectivity index (χ3n) is 3.89. The predicted octanol–water partition coefficient (Wildman–Crippen LogP) is 1.51. The van der Waals surface area contributed by atoms with E-state index in [4.69, 9.17) is 4.52 Å². The quantitative estimate of drug-likeness (QED) is 0.797. The van der Waals surface area contributed by atoms with Crippen LogP contribution in [-0.2, 0) is 9.59 Å². The molecule has 0 aliphatic carbocycles. The van der Waals surface area contributed by atoms with Crippen LogP contribution in [0.15, 0.2) is 38.5 Å². The number of hydrogen-bond donors (Lipinski definition) is 0. The van der Waals surface area contributed by atoms with E-state index in [-0.39, 0.29) is 11.8 Å². The Balaban J connectivity index is 1.40. The van der Waals surface area contributed by atoms with Gasteiger partial charge in [-0.15, -0.1) is 0 Å². The topological polar surface area (TPSA) is 88.7 Å². The van der Waals surface area contributed by atoms with Crippen molar-refractivity contribution in [2.24, 2.45) is 10.9 Å². The minimum absolute atomic E-state index is 0.0185. The maximum atomic E-state index is 12.3. The van der Waals surface area contributed by atoms with Crippen LogP contribution in [0, 0.1) is 5.92 Å². The number of dihydropyridines is 1. The van der Waals surface area contributed by atoms with Gasteiger partial charge in [-0.1, -0.05) is 11.2 Å². The van der Waals surface area contributed by atoms with E-state index < -0.39 is 11.8 Å². The number of rotatable bonds is 3. The third kappa shape index (κ3) is 2.50. The molecule has 8 heteroatoms. The first-order valence-electron chi connectivity index (χ1n) is 7.12. The Kier molecular flexibility index (Phi) is 3.38. The van der Waals surface area contributed by atoms with Crippen LogP contribution in [0.5, 0.6) is 0 Å². The zero-order chi connectivity index (χ0) is 15.8. The van der Waals surface area contributed by atoms with Crippen LogP contribution in [0.3, 0.4) is 0 Å². The molecule has 23 heavy (non-hydrogen) atoms. The van der Waals surface area contributed by atoms with E-state index in [0.717, 1.165) is 5.56 Å². The van der Waals surface area contributed by atoms with Gasteiger partial charge >= 0.3 is 0 Å². The number of hydrogen-bond acceptors (Lipinski definition) is 6. The second-order valence-electron chi connectivity index (χ2n) is 5.39. The second-order valence-corrected chi connectivity index (χ2v) is 6.17. The summed E-state index contributed by atoms with van der Waals surface area (Å²) in [6.45, 7) is 0.955. The predicted molar refractivity (Wildman–Crippen MR) is 83.1 cm³/mol. The molecular formula is C15H12N4O3S. The lowest BCUT2D eigenvalue weighted by Crippen LogP contribution is -2.51. The summed E-state index contributed by atoms with van der Waals surface area (Å²) in [5.41, 5.74) is 0.924. The van der Waals surface area contributed by atoms with Crippen molar-refractivity contribution in [1.29, 1.82) is 0 Å². The normalized spacial score (nSPS) is 20.8. The van der Waals surface area contributed by atoms with Crippen LogP contribution in [-0.4, -0.2) is 46.2 Å². The van der Waals surface area contributed by atoms with Gasteiger partial charge in [0.1, 0.15) is 5.92 Å². The number of aromatic nitrogens is 2. The molecule has 0 bridgehead atoms. The molecule has 116 valence electrons. The lowest BCUT2D eigenvalue weighted by Gasteiger charge is -2.38. The van der Waals surface area contributed by atoms with Gasteiger partial charge in [0.15, 0.2) is 0 Å². The summed E-state index contributed by atoms with van der Waals surface area (Å²) in [4.78, 5) is 33.5. The summed E-state index contributed by atoms with van der Waals surface area (Å²) >= 11 is 1.57. The van der Waals surface area contributed by atoms with Gasteiger partial charge in [-0.3, -0.25) is 9.59 Å². The smallest absolute Gasteiger partial charge is 0.262 e. The molecule has 1 unspecified atom stereocenters. The van der Waals surface area contributed by atoms with Crippen molar-refractivity contribution in [2.45, 2.75) is 5.92 Å². The van der Waals surface area contributed by atoms with Gasteiger partial charge in [0.05, 0.1) is 5.92 Å². The van der Waals surface area contributed by atoms with Gasteiger partial charge in [0.25, 0.3) is 5.91 Å². The van der Waals surface area contributed by atoms with Crippen LogP contribution in [0.2, 0.25) is 0 Å². The molecular weight excluding hydrogens is 316 g/mol. The molecule has 4 rings (SSSR count). The van der Waals surface area contributed by atoms with E-state index in [9.17, 15) is 9.59 Å². The van der Waals surface area contributed by atoms with E-state index in [1.54, 1.807) is 28.4 Å². The Hall–Kier alpha value is -2.61. The van der Waals surface area contributed by atoms with Crippen molar-refractivity contribution in [3.05, 3.63) is 34.9 Å². The SMILES string of the molecule is O=C1N=CC=CC1C(=O)N1CC(c2nc(-c3ccsc3)no2)C1. The Morgan fingerprint density at radius 2 is 2.26 bits per heavy atom. The minimum Gasteiger partial charge on any atom is -0.340 e. The first kappa shape index (κ1) is 14.0. The van der Waals surface area contributed by atoms with Gasteiger partial charge in [0.2, 0.25) is 17.6 Å². The molecule has 2 aromatic heterocycles. The van der Waals surface area contributed by atoms with Crippen molar-refractivity contribution >= 4 is 29.4 Å². The molecule has 4 heterocycles. The van der Waals surface area contributed by atoms with Crippen molar-refractivity contribution < 1.29 is 14.1 Å². The van der Waals surface area contributed by atoms with Gasteiger partial charge in [-0.25, -0.2) is 4.99 Å². The third-order valence-corrected chi connectivity index (χ3v) is 4.57. The lowest BCUT2D eigenvalue weighted by atomic mass is 9.96. The van der Waals surface area contributed by atoms with Gasteiger partial charge in [-0.05, 0) is 17.5 Å². The Morgan fingerprint density at radius 3 is 3.00 bits per heavy atom. The van der Waals surface area contributed by atoms with Crippen LogP contribution >= 0.6 is 11.3 Å². The van der Waals surface area contributed by atoms with Gasteiger partial charge < -0.3 is 9.42 Å². The average Bonchev–Trinajstić information content (AvgIpc) is 3.17. The number of thiophene rings is 1. The van der Waals surface area contributed by atoms with Crippen LogP contribution in [0.1, 0.15) is 11.8 Å². The lowest BCUT2D eigenvalue weighted by molar-refractivity contribution is -0.142. The van der Waals surface area contributed by atoms with E-state index in [2.05, 4.69) is 15.1 Å². The highest BCUT2D eigenvalue weighted by Gasteiger charge is 2.39. The highest BCUT2D eigenvalue weighted by molar-refractivity contribution is 7.08.